The number of carbonyl (C=O) groups is 1. The Hall–Kier alpha value is -3.00. The molecule has 1 N–H and O–H groups in total. The number of aromatic nitrogens is 6. The van der Waals surface area contributed by atoms with Crippen molar-refractivity contribution >= 4 is 29.3 Å². The lowest BCUT2D eigenvalue weighted by molar-refractivity contribution is -0.111. The molecule has 0 atom stereocenters. The fraction of sp³-hybridized carbons (Fsp3) is 0.316. The van der Waals surface area contributed by atoms with Gasteiger partial charge in [0, 0.05) is 36.5 Å². The van der Waals surface area contributed by atoms with Gasteiger partial charge in [0.2, 0.25) is 5.91 Å². The van der Waals surface area contributed by atoms with Crippen LogP contribution in [0.3, 0.4) is 0 Å². The van der Waals surface area contributed by atoms with E-state index >= 15 is 0 Å². The standard InChI is InChI=1S/C19H22ClN7O/c1-4-5-11-27-18(20)16(13(2)23-27)9-10-17(28)21-15-8-6-7-14(12-15)19-22-24-25-26(19)3/h6-10,12H,4-5,11H2,1-3H3,(H,21,28)/b10-9+. The molecule has 2 aromatic heterocycles. The molecule has 2 heterocycles. The van der Waals surface area contributed by atoms with Crippen molar-refractivity contribution in [1.82, 2.24) is 30.0 Å². The lowest BCUT2D eigenvalue weighted by atomic mass is 10.2. The van der Waals surface area contributed by atoms with Crippen molar-refractivity contribution in [3.05, 3.63) is 46.8 Å². The Kier molecular flexibility index (Phi) is 6.20. The van der Waals surface area contributed by atoms with Crippen molar-refractivity contribution in [2.75, 3.05) is 5.32 Å². The first-order valence-corrected chi connectivity index (χ1v) is 9.42. The zero-order chi connectivity index (χ0) is 20.1. The number of carbonyl (C=O) groups excluding carboxylic acids is 1. The number of nitrogens with one attached hydrogen (secondary N) is 1. The summed E-state index contributed by atoms with van der Waals surface area (Å²) in [6, 6.07) is 7.34. The molecule has 0 radical (unpaired) electrons. The molecular formula is C19H22ClN7O. The molecule has 3 aromatic rings. The van der Waals surface area contributed by atoms with E-state index in [0.29, 0.717) is 16.7 Å². The number of anilines is 1. The van der Waals surface area contributed by atoms with Crippen molar-refractivity contribution < 1.29 is 4.79 Å². The van der Waals surface area contributed by atoms with E-state index < -0.39 is 0 Å². The Morgan fingerprint density at radius 1 is 1.36 bits per heavy atom. The predicted octanol–water partition coefficient (Wildman–Crippen LogP) is 3.49. The van der Waals surface area contributed by atoms with Crippen molar-refractivity contribution in [2.24, 2.45) is 7.05 Å². The Balaban J connectivity index is 1.71. The number of hydrogen-bond donors (Lipinski definition) is 1. The molecule has 9 heteroatoms. The minimum Gasteiger partial charge on any atom is -0.322 e. The monoisotopic (exact) mass is 399 g/mol. The summed E-state index contributed by atoms with van der Waals surface area (Å²) in [6.45, 7) is 4.76. The molecule has 0 spiro atoms. The predicted molar refractivity (Wildman–Crippen MR) is 109 cm³/mol. The molecule has 3 rings (SSSR count). The molecule has 0 aliphatic heterocycles. The van der Waals surface area contributed by atoms with Crippen LogP contribution in [-0.4, -0.2) is 35.9 Å². The molecule has 0 aliphatic rings. The summed E-state index contributed by atoms with van der Waals surface area (Å²) in [5.74, 6) is 0.360. The van der Waals surface area contributed by atoms with Gasteiger partial charge < -0.3 is 5.32 Å². The molecule has 0 bridgehead atoms. The van der Waals surface area contributed by atoms with E-state index in [1.165, 1.54) is 6.08 Å². The van der Waals surface area contributed by atoms with Crippen LogP contribution < -0.4 is 5.32 Å². The van der Waals surface area contributed by atoms with Gasteiger partial charge in [0.25, 0.3) is 0 Å². The first kappa shape index (κ1) is 19.8. The van der Waals surface area contributed by atoms with E-state index in [1.807, 2.05) is 25.1 Å². The highest BCUT2D eigenvalue weighted by Gasteiger charge is 2.11. The van der Waals surface area contributed by atoms with Gasteiger partial charge in [0.05, 0.1) is 5.69 Å². The molecule has 1 aromatic carbocycles. The van der Waals surface area contributed by atoms with E-state index in [1.54, 1.807) is 28.6 Å². The van der Waals surface area contributed by atoms with Gasteiger partial charge >= 0.3 is 0 Å². The largest absolute Gasteiger partial charge is 0.322 e. The Morgan fingerprint density at radius 3 is 2.89 bits per heavy atom. The molecule has 0 unspecified atom stereocenters. The minimum atomic E-state index is -0.259. The van der Waals surface area contributed by atoms with Crippen LogP contribution in [0.2, 0.25) is 5.15 Å². The van der Waals surface area contributed by atoms with E-state index in [0.717, 1.165) is 36.2 Å². The van der Waals surface area contributed by atoms with Crippen molar-refractivity contribution in [3.63, 3.8) is 0 Å². The summed E-state index contributed by atoms with van der Waals surface area (Å²) in [6.07, 6.45) is 5.21. The highest BCUT2D eigenvalue weighted by molar-refractivity contribution is 6.31. The van der Waals surface area contributed by atoms with Crippen LogP contribution in [0.15, 0.2) is 30.3 Å². The molecule has 28 heavy (non-hydrogen) atoms. The lowest BCUT2D eigenvalue weighted by Gasteiger charge is -2.05. The van der Waals surface area contributed by atoms with Crippen LogP contribution >= 0.6 is 11.6 Å². The SMILES string of the molecule is CCCCn1nc(C)c(/C=C/C(=O)Nc2cccc(-c3nnnn3C)c2)c1Cl. The van der Waals surface area contributed by atoms with Crippen LogP contribution in [0.5, 0.6) is 0 Å². The first-order chi connectivity index (χ1) is 13.5. The van der Waals surface area contributed by atoms with Gasteiger partial charge in [-0.25, -0.2) is 4.68 Å². The summed E-state index contributed by atoms with van der Waals surface area (Å²) >= 11 is 6.40. The molecule has 1 amide bonds. The fourth-order valence-corrected chi connectivity index (χ4v) is 3.09. The highest BCUT2D eigenvalue weighted by Crippen LogP contribution is 2.22. The Bertz CT molecular complexity index is 1010. The average Bonchev–Trinajstić information content (AvgIpc) is 3.21. The zero-order valence-corrected chi connectivity index (χ0v) is 16.8. The molecule has 8 nitrogen and oxygen atoms in total. The average molecular weight is 400 g/mol. The number of unbranched alkanes of at least 4 members (excludes halogenated alkanes) is 1. The maximum Gasteiger partial charge on any atom is 0.248 e. The number of rotatable bonds is 7. The number of amides is 1. The lowest BCUT2D eigenvalue weighted by Crippen LogP contribution is -2.08. The maximum absolute atomic E-state index is 12.3. The molecule has 0 fully saturated rings. The number of nitrogens with zero attached hydrogens (tertiary/aromatic N) is 6. The molecule has 0 aliphatic carbocycles. The molecule has 146 valence electrons. The second-order valence-corrected chi connectivity index (χ2v) is 6.75. The first-order valence-electron chi connectivity index (χ1n) is 9.04. The maximum atomic E-state index is 12.3. The van der Waals surface area contributed by atoms with Crippen LogP contribution in [0.1, 0.15) is 31.0 Å². The number of hydrogen-bond acceptors (Lipinski definition) is 5. The van der Waals surface area contributed by atoms with E-state index in [-0.39, 0.29) is 5.91 Å². The zero-order valence-electron chi connectivity index (χ0n) is 16.1. The minimum absolute atomic E-state index is 0.259. The summed E-state index contributed by atoms with van der Waals surface area (Å²) in [5, 5.41) is 19.3. The third-order valence-corrected chi connectivity index (χ3v) is 4.64. The summed E-state index contributed by atoms with van der Waals surface area (Å²) < 4.78 is 3.35. The van der Waals surface area contributed by atoms with Crippen molar-refractivity contribution in [2.45, 2.75) is 33.2 Å². The fourth-order valence-electron chi connectivity index (χ4n) is 2.77. The second-order valence-electron chi connectivity index (χ2n) is 6.40. The van der Waals surface area contributed by atoms with E-state index in [4.69, 9.17) is 11.6 Å². The van der Waals surface area contributed by atoms with Gasteiger partial charge in [0.1, 0.15) is 5.15 Å². The Labute approximate surface area is 168 Å². The summed E-state index contributed by atoms with van der Waals surface area (Å²) in [5.41, 5.74) is 3.01. The second kappa shape index (κ2) is 8.79. The van der Waals surface area contributed by atoms with Gasteiger partial charge in [-0.3, -0.25) is 9.48 Å². The normalized spacial score (nSPS) is 11.3. The van der Waals surface area contributed by atoms with Gasteiger partial charge in [0.15, 0.2) is 5.82 Å². The van der Waals surface area contributed by atoms with Crippen LogP contribution in [0.4, 0.5) is 5.69 Å². The third-order valence-electron chi connectivity index (χ3n) is 4.24. The molecular weight excluding hydrogens is 378 g/mol. The number of halogens is 1. The topological polar surface area (TPSA) is 90.5 Å². The van der Waals surface area contributed by atoms with Crippen LogP contribution in [0.25, 0.3) is 17.5 Å². The van der Waals surface area contributed by atoms with Crippen LogP contribution in [-0.2, 0) is 18.4 Å². The number of benzene rings is 1. The number of tetrazole rings is 1. The highest BCUT2D eigenvalue weighted by atomic mass is 35.5. The van der Waals surface area contributed by atoms with Crippen molar-refractivity contribution in [3.8, 4) is 11.4 Å². The van der Waals surface area contributed by atoms with E-state index in [9.17, 15) is 4.79 Å². The van der Waals surface area contributed by atoms with Crippen molar-refractivity contribution in [1.29, 1.82) is 0 Å². The van der Waals surface area contributed by atoms with Gasteiger partial charge in [-0.1, -0.05) is 37.1 Å². The van der Waals surface area contributed by atoms with Gasteiger partial charge in [-0.05, 0) is 42.0 Å². The third kappa shape index (κ3) is 4.45. The van der Waals surface area contributed by atoms with Gasteiger partial charge in [-0.15, -0.1) is 5.10 Å². The number of aryl methyl sites for hydroxylation is 3. The molecule has 0 saturated heterocycles. The van der Waals surface area contributed by atoms with E-state index in [2.05, 4.69) is 32.9 Å². The van der Waals surface area contributed by atoms with Crippen LogP contribution in [0, 0.1) is 6.92 Å². The quantitative estimate of drug-likeness (QED) is 0.614. The smallest absolute Gasteiger partial charge is 0.248 e. The molecule has 0 saturated carbocycles. The summed E-state index contributed by atoms with van der Waals surface area (Å²) in [7, 11) is 1.76. The Morgan fingerprint density at radius 2 is 2.18 bits per heavy atom. The summed E-state index contributed by atoms with van der Waals surface area (Å²) in [4.78, 5) is 12.3. The van der Waals surface area contributed by atoms with Gasteiger partial charge in [-0.2, -0.15) is 5.10 Å².